The Kier molecular flexibility index (Phi) is 4.03. The molecule has 0 N–H and O–H groups in total. The molecule has 122 valence electrons. The lowest BCUT2D eigenvalue weighted by Crippen LogP contribution is -2.38. The molecule has 1 aliphatic rings. The second-order valence-corrected chi connectivity index (χ2v) is 6.44. The highest BCUT2D eigenvalue weighted by Gasteiger charge is 2.25. The van der Waals surface area contributed by atoms with E-state index >= 15 is 0 Å². The van der Waals surface area contributed by atoms with Crippen LogP contribution in [0.5, 0.6) is 0 Å². The molecular formula is C20H20N2O2. The number of carbonyl (C=O) groups is 1. The molecule has 0 radical (unpaired) electrons. The number of hydrogen-bond acceptors (Lipinski definition) is 3. The maximum Gasteiger partial charge on any atom is 0.233 e. The van der Waals surface area contributed by atoms with E-state index < -0.39 is 0 Å². The van der Waals surface area contributed by atoms with Crippen molar-refractivity contribution in [1.29, 1.82) is 0 Å². The van der Waals surface area contributed by atoms with Crippen LogP contribution in [0, 0.1) is 5.92 Å². The summed E-state index contributed by atoms with van der Waals surface area (Å²) < 4.78 is 5.33. The highest BCUT2D eigenvalue weighted by Crippen LogP contribution is 2.29. The van der Waals surface area contributed by atoms with E-state index in [2.05, 4.69) is 5.16 Å². The maximum absolute atomic E-state index is 13.0. The van der Waals surface area contributed by atoms with Gasteiger partial charge < -0.3 is 9.42 Å². The first-order valence-electron chi connectivity index (χ1n) is 8.50. The van der Waals surface area contributed by atoms with E-state index in [1.807, 2.05) is 59.5 Å². The predicted octanol–water partition coefficient (Wildman–Crippen LogP) is 4.20. The van der Waals surface area contributed by atoms with Crippen molar-refractivity contribution in [2.75, 3.05) is 11.4 Å². The van der Waals surface area contributed by atoms with E-state index in [1.54, 1.807) is 0 Å². The van der Waals surface area contributed by atoms with Crippen LogP contribution in [0.3, 0.4) is 0 Å². The van der Waals surface area contributed by atoms with Gasteiger partial charge in [0, 0.05) is 17.6 Å². The molecule has 2 aromatic carbocycles. The van der Waals surface area contributed by atoms with Crippen molar-refractivity contribution in [3.63, 3.8) is 0 Å². The molecule has 4 rings (SSSR count). The van der Waals surface area contributed by atoms with Crippen LogP contribution < -0.4 is 4.90 Å². The molecule has 1 fully saturated rings. The van der Waals surface area contributed by atoms with Gasteiger partial charge in [0.1, 0.15) is 5.69 Å². The molecule has 24 heavy (non-hydrogen) atoms. The summed E-state index contributed by atoms with van der Waals surface area (Å²) in [7, 11) is 0. The van der Waals surface area contributed by atoms with Gasteiger partial charge in [0.05, 0.1) is 6.42 Å². The Morgan fingerprint density at radius 2 is 1.83 bits per heavy atom. The number of nitrogens with zero attached hydrogens (tertiary/aromatic N) is 2. The number of aromatic nitrogens is 1. The van der Waals surface area contributed by atoms with Gasteiger partial charge in [-0.2, -0.15) is 0 Å². The van der Waals surface area contributed by atoms with Gasteiger partial charge in [-0.3, -0.25) is 4.79 Å². The Morgan fingerprint density at radius 3 is 2.58 bits per heavy atom. The molecule has 4 heteroatoms. The molecule has 0 saturated heterocycles. The molecule has 1 heterocycles. The van der Waals surface area contributed by atoms with Gasteiger partial charge in [-0.1, -0.05) is 41.9 Å². The molecule has 3 aromatic rings. The molecule has 1 amide bonds. The molecule has 1 saturated carbocycles. The molecule has 0 atom stereocenters. The van der Waals surface area contributed by atoms with Gasteiger partial charge >= 0.3 is 0 Å². The van der Waals surface area contributed by atoms with Crippen molar-refractivity contribution in [2.24, 2.45) is 5.92 Å². The van der Waals surface area contributed by atoms with Crippen molar-refractivity contribution < 1.29 is 9.32 Å². The SMILES string of the molecule is O=C(Cc1noc2ccccc12)N(CC1CCC1)c1ccccc1. The van der Waals surface area contributed by atoms with Crippen LogP contribution >= 0.6 is 0 Å². The molecule has 0 bridgehead atoms. The second-order valence-electron chi connectivity index (χ2n) is 6.44. The number of para-hydroxylation sites is 2. The minimum atomic E-state index is 0.0761. The summed E-state index contributed by atoms with van der Waals surface area (Å²) in [6.45, 7) is 0.790. The first-order chi connectivity index (χ1) is 11.8. The van der Waals surface area contributed by atoms with Crippen LogP contribution in [-0.2, 0) is 11.2 Å². The van der Waals surface area contributed by atoms with Crippen LogP contribution in [-0.4, -0.2) is 17.6 Å². The van der Waals surface area contributed by atoms with Gasteiger partial charge in [0.2, 0.25) is 5.91 Å². The number of carbonyl (C=O) groups excluding carboxylic acids is 1. The largest absolute Gasteiger partial charge is 0.356 e. The fraction of sp³-hybridized carbons (Fsp3) is 0.300. The standard InChI is InChI=1S/C20H20N2O2/c23-20(13-18-17-11-4-5-12-19(17)24-21-18)22(14-15-7-6-8-15)16-9-2-1-3-10-16/h1-5,9-12,15H,6-8,13-14H2. The summed E-state index contributed by atoms with van der Waals surface area (Å²) >= 11 is 0. The minimum absolute atomic E-state index is 0.0761. The van der Waals surface area contributed by atoms with Crippen LogP contribution in [0.15, 0.2) is 59.1 Å². The third-order valence-corrected chi connectivity index (χ3v) is 4.81. The summed E-state index contributed by atoms with van der Waals surface area (Å²) in [6, 6.07) is 17.6. The lowest BCUT2D eigenvalue weighted by molar-refractivity contribution is -0.118. The van der Waals surface area contributed by atoms with E-state index in [1.165, 1.54) is 19.3 Å². The van der Waals surface area contributed by atoms with Crippen LogP contribution in [0.2, 0.25) is 0 Å². The number of anilines is 1. The first-order valence-corrected chi connectivity index (χ1v) is 8.50. The molecule has 1 aliphatic carbocycles. The van der Waals surface area contributed by atoms with E-state index in [9.17, 15) is 4.79 Å². The summed E-state index contributed by atoms with van der Waals surface area (Å²) in [6.07, 6.45) is 3.96. The molecule has 0 unspecified atom stereocenters. The van der Waals surface area contributed by atoms with Gasteiger partial charge in [-0.15, -0.1) is 0 Å². The maximum atomic E-state index is 13.0. The lowest BCUT2D eigenvalue weighted by atomic mass is 9.85. The quantitative estimate of drug-likeness (QED) is 0.707. The molecule has 0 aliphatic heterocycles. The van der Waals surface area contributed by atoms with Crippen LogP contribution in [0.1, 0.15) is 25.0 Å². The monoisotopic (exact) mass is 320 g/mol. The zero-order chi connectivity index (χ0) is 16.4. The molecule has 1 aromatic heterocycles. The van der Waals surface area contributed by atoms with E-state index in [-0.39, 0.29) is 12.3 Å². The molecular weight excluding hydrogens is 300 g/mol. The van der Waals surface area contributed by atoms with Gasteiger partial charge in [-0.25, -0.2) is 0 Å². The summed E-state index contributed by atoms with van der Waals surface area (Å²) in [4.78, 5) is 14.9. The fourth-order valence-corrected chi connectivity index (χ4v) is 3.20. The van der Waals surface area contributed by atoms with Crippen molar-refractivity contribution in [3.05, 3.63) is 60.3 Å². The van der Waals surface area contributed by atoms with Crippen LogP contribution in [0.4, 0.5) is 5.69 Å². The van der Waals surface area contributed by atoms with E-state index in [0.29, 0.717) is 11.6 Å². The summed E-state index contributed by atoms with van der Waals surface area (Å²) in [5, 5.41) is 5.02. The average Bonchev–Trinajstić information content (AvgIpc) is 2.98. The number of rotatable bonds is 5. The zero-order valence-corrected chi connectivity index (χ0v) is 13.5. The highest BCUT2D eigenvalue weighted by atomic mass is 16.5. The molecule has 4 nitrogen and oxygen atoms in total. The number of benzene rings is 2. The zero-order valence-electron chi connectivity index (χ0n) is 13.5. The minimum Gasteiger partial charge on any atom is -0.356 e. The normalized spacial score (nSPS) is 14.5. The Bertz CT molecular complexity index is 837. The Balaban J connectivity index is 1.58. The second kappa shape index (κ2) is 6.48. The van der Waals surface area contributed by atoms with Gasteiger partial charge in [0.25, 0.3) is 0 Å². The third-order valence-electron chi connectivity index (χ3n) is 4.81. The Hall–Kier alpha value is -2.62. The summed E-state index contributed by atoms with van der Waals surface area (Å²) in [5.41, 5.74) is 2.40. The third kappa shape index (κ3) is 2.92. The lowest BCUT2D eigenvalue weighted by Gasteiger charge is -2.32. The number of fused-ring (bicyclic) bond motifs is 1. The molecule has 0 spiro atoms. The van der Waals surface area contributed by atoms with Crippen molar-refractivity contribution in [2.45, 2.75) is 25.7 Å². The van der Waals surface area contributed by atoms with Crippen molar-refractivity contribution in [1.82, 2.24) is 5.16 Å². The Morgan fingerprint density at radius 1 is 1.08 bits per heavy atom. The first kappa shape index (κ1) is 14.9. The smallest absolute Gasteiger partial charge is 0.233 e. The summed E-state index contributed by atoms with van der Waals surface area (Å²) in [5.74, 6) is 0.690. The van der Waals surface area contributed by atoms with Gasteiger partial charge in [0.15, 0.2) is 5.58 Å². The van der Waals surface area contributed by atoms with Crippen molar-refractivity contribution in [3.8, 4) is 0 Å². The predicted molar refractivity (Wildman–Crippen MR) is 93.8 cm³/mol. The highest BCUT2D eigenvalue weighted by molar-refractivity contribution is 5.96. The van der Waals surface area contributed by atoms with E-state index in [4.69, 9.17) is 4.52 Å². The van der Waals surface area contributed by atoms with Crippen molar-refractivity contribution >= 4 is 22.6 Å². The Labute approximate surface area is 141 Å². The average molecular weight is 320 g/mol. The topological polar surface area (TPSA) is 46.3 Å². The van der Waals surface area contributed by atoms with E-state index in [0.717, 1.165) is 23.2 Å². The van der Waals surface area contributed by atoms with Crippen LogP contribution in [0.25, 0.3) is 11.0 Å². The number of amides is 1. The number of hydrogen-bond donors (Lipinski definition) is 0. The van der Waals surface area contributed by atoms with Gasteiger partial charge in [-0.05, 0) is 43.0 Å². The fourth-order valence-electron chi connectivity index (χ4n) is 3.20.